The van der Waals surface area contributed by atoms with Crippen molar-refractivity contribution >= 4 is 28.7 Å². The van der Waals surface area contributed by atoms with E-state index in [-0.39, 0.29) is 22.5 Å². The predicted octanol–water partition coefficient (Wildman–Crippen LogP) is 2.63. The van der Waals surface area contributed by atoms with Gasteiger partial charge in [-0.2, -0.15) is 0 Å². The molecule has 7 heteroatoms. The second-order valence-electron chi connectivity index (χ2n) is 6.36. The molecule has 2 atom stereocenters. The summed E-state index contributed by atoms with van der Waals surface area (Å²) in [5, 5.41) is 1.67. The highest BCUT2D eigenvalue weighted by Gasteiger charge is 2.32. The number of carbonyl (C=O) groups excluding carboxylic acids is 2. The van der Waals surface area contributed by atoms with E-state index in [1.54, 1.807) is 6.20 Å². The van der Waals surface area contributed by atoms with Crippen LogP contribution in [0.2, 0.25) is 0 Å². The molecule has 2 aliphatic heterocycles. The van der Waals surface area contributed by atoms with Crippen LogP contribution in [0.4, 0.5) is 10.6 Å². The van der Waals surface area contributed by atoms with Crippen LogP contribution in [0.5, 0.6) is 5.75 Å². The minimum atomic E-state index is -0.388. The van der Waals surface area contributed by atoms with E-state index < -0.39 is 0 Å². The predicted molar refractivity (Wildman–Crippen MR) is 101 cm³/mol. The van der Waals surface area contributed by atoms with Crippen LogP contribution in [-0.2, 0) is 11.2 Å². The molecular formula is C19H19N3O3S. The van der Waals surface area contributed by atoms with Crippen molar-refractivity contribution in [3.05, 3.63) is 54.2 Å². The minimum Gasteiger partial charge on any atom is -0.488 e. The molecule has 1 aromatic heterocycles. The Morgan fingerprint density at radius 3 is 2.81 bits per heavy atom. The molecule has 4 rings (SSSR count). The Labute approximate surface area is 155 Å². The molecule has 2 fully saturated rings. The lowest BCUT2D eigenvalue weighted by atomic mass is 10.1. The fourth-order valence-corrected chi connectivity index (χ4v) is 4.11. The van der Waals surface area contributed by atoms with Gasteiger partial charge in [-0.3, -0.25) is 14.9 Å². The molecule has 0 aliphatic carbocycles. The Morgan fingerprint density at radius 2 is 2.04 bits per heavy atom. The number of rotatable bonds is 5. The molecule has 2 unspecified atom stereocenters. The number of nitrogens with one attached hydrogen (secondary N) is 1. The topological polar surface area (TPSA) is 71.5 Å². The average Bonchev–Trinajstić information content (AvgIpc) is 3.24. The van der Waals surface area contributed by atoms with Crippen LogP contribution in [0.25, 0.3) is 0 Å². The maximum absolute atomic E-state index is 11.8. The van der Waals surface area contributed by atoms with Crippen LogP contribution in [0.1, 0.15) is 12.0 Å². The summed E-state index contributed by atoms with van der Waals surface area (Å²) in [5.41, 5.74) is 0.950. The molecule has 1 aromatic carbocycles. The molecular weight excluding hydrogens is 350 g/mol. The number of hydrogen-bond acceptors (Lipinski definition) is 6. The van der Waals surface area contributed by atoms with Gasteiger partial charge in [0.2, 0.25) is 5.91 Å². The summed E-state index contributed by atoms with van der Waals surface area (Å²) in [6.07, 6.45) is 3.27. The van der Waals surface area contributed by atoms with Gasteiger partial charge in [0.1, 0.15) is 17.7 Å². The van der Waals surface area contributed by atoms with Gasteiger partial charge in [0, 0.05) is 19.2 Å². The van der Waals surface area contributed by atoms with Gasteiger partial charge in [-0.1, -0.05) is 36.0 Å². The lowest BCUT2D eigenvalue weighted by Crippen LogP contribution is -2.27. The van der Waals surface area contributed by atoms with Gasteiger partial charge in [0.05, 0.1) is 11.8 Å². The third-order valence-electron chi connectivity index (χ3n) is 4.56. The van der Waals surface area contributed by atoms with Crippen LogP contribution < -0.4 is 15.0 Å². The van der Waals surface area contributed by atoms with Gasteiger partial charge in [-0.05, 0) is 30.2 Å². The van der Waals surface area contributed by atoms with Gasteiger partial charge < -0.3 is 9.64 Å². The highest BCUT2D eigenvalue weighted by molar-refractivity contribution is 8.15. The minimum absolute atomic E-state index is 0.0739. The van der Waals surface area contributed by atoms with Crippen molar-refractivity contribution in [1.82, 2.24) is 10.3 Å². The van der Waals surface area contributed by atoms with Crippen LogP contribution in [0.15, 0.2) is 48.7 Å². The number of thioether (sulfide) groups is 1. The number of anilines is 1. The Hall–Kier alpha value is -2.54. The lowest BCUT2D eigenvalue weighted by molar-refractivity contribution is -0.118. The number of amides is 2. The molecule has 2 aliphatic rings. The lowest BCUT2D eigenvalue weighted by Gasteiger charge is -2.19. The van der Waals surface area contributed by atoms with Crippen LogP contribution in [0, 0.1) is 0 Å². The highest BCUT2D eigenvalue weighted by atomic mass is 32.2. The molecule has 26 heavy (non-hydrogen) atoms. The molecule has 0 saturated carbocycles. The van der Waals surface area contributed by atoms with E-state index in [2.05, 4.69) is 15.2 Å². The first-order valence-electron chi connectivity index (χ1n) is 8.61. The van der Waals surface area contributed by atoms with Crippen LogP contribution >= 0.6 is 11.8 Å². The van der Waals surface area contributed by atoms with Crippen molar-refractivity contribution in [3.63, 3.8) is 0 Å². The first kappa shape index (κ1) is 16.9. The summed E-state index contributed by atoms with van der Waals surface area (Å²) >= 11 is 1.05. The quantitative estimate of drug-likeness (QED) is 0.874. The molecule has 2 amide bonds. The number of ether oxygens (including phenoxy) is 1. The largest absolute Gasteiger partial charge is 0.488 e. The zero-order valence-electron chi connectivity index (χ0n) is 14.1. The zero-order chi connectivity index (χ0) is 17.9. The van der Waals surface area contributed by atoms with Crippen LogP contribution in [0.3, 0.4) is 0 Å². The first-order chi connectivity index (χ1) is 12.7. The summed E-state index contributed by atoms with van der Waals surface area (Å²) in [4.78, 5) is 29.8. The van der Waals surface area contributed by atoms with Crippen molar-refractivity contribution in [2.24, 2.45) is 0 Å². The molecule has 0 spiro atoms. The fourth-order valence-electron chi connectivity index (χ4n) is 3.27. The van der Waals surface area contributed by atoms with Gasteiger partial charge in [-0.15, -0.1) is 0 Å². The number of imide groups is 1. The Morgan fingerprint density at radius 1 is 1.19 bits per heavy atom. The van der Waals surface area contributed by atoms with E-state index in [4.69, 9.17) is 4.74 Å². The Balaban J connectivity index is 1.43. The number of para-hydroxylation sites is 1. The van der Waals surface area contributed by atoms with E-state index in [0.717, 1.165) is 48.4 Å². The van der Waals surface area contributed by atoms with Gasteiger partial charge in [-0.25, -0.2) is 4.98 Å². The highest BCUT2D eigenvalue weighted by Crippen LogP contribution is 2.29. The normalized spacial score (nSPS) is 22.5. The summed E-state index contributed by atoms with van der Waals surface area (Å²) < 4.78 is 6.24. The maximum atomic E-state index is 11.8. The van der Waals surface area contributed by atoms with E-state index in [9.17, 15) is 9.59 Å². The van der Waals surface area contributed by atoms with E-state index in [1.807, 2.05) is 42.5 Å². The smallest absolute Gasteiger partial charge is 0.286 e. The second-order valence-corrected chi connectivity index (χ2v) is 7.53. The molecule has 2 saturated heterocycles. The zero-order valence-corrected chi connectivity index (χ0v) is 14.9. The average molecular weight is 369 g/mol. The molecule has 0 radical (unpaired) electrons. The number of hydrogen-bond donors (Lipinski definition) is 1. The number of benzene rings is 1. The van der Waals surface area contributed by atoms with Crippen LogP contribution in [-0.4, -0.2) is 40.6 Å². The Bertz CT molecular complexity index is 815. The molecule has 0 bridgehead atoms. The van der Waals surface area contributed by atoms with E-state index in [0.29, 0.717) is 6.42 Å². The summed E-state index contributed by atoms with van der Waals surface area (Å²) in [6, 6.07) is 13.6. The Kier molecular flexibility index (Phi) is 4.79. The van der Waals surface area contributed by atoms with Crippen molar-refractivity contribution in [3.8, 4) is 5.75 Å². The maximum Gasteiger partial charge on any atom is 0.286 e. The fraction of sp³-hybridized carbons (Fsp3) is 0.316. The molecule has 1 N–H and O–H groups in total. The van der Waals surface area contributed by atoms with E-state index >= 15 is 0 Å². The molecule has 6 nitrogen and oxygen atoms in total. The number of nitrogens with zero attached hydrogens (tertiary/aromatic N) is 2. The summed E-state index contributed by atoms with van der Waals surface area (Å²) in [6.45, 7) is 1.68. The molecule has 3 heterocycles. The first-order valence-corrected chi connectivity index (χ1v) is 9.49. The van der Waals surface area contributed by atoms with Gasteiger partial charge in [0.15, 0.2) is 0 Å². The molecule has 2 aromatic rings. The van der Waals surface area contributed by atoms with Crippen molar-refractivity contribution in [2.75, 3.05) is 18.0 Å². The number of aromatic nitrogens is 1. The number of pyridine rings is 1. The summed E-state index contributed by atoms with van der Waals surface area (Å²) in [7, 11) is 0. The second kappa shape index (κ2) is 7.37. The van der Waals surface area contributed by atoms with Crippen molar-refractivity contribution in [1.29, 1.82) is 0 Å². The van der Waals surface area contributed by atoms with Gasteiger partial charge in [0.25, 0.3) is 5.24 Å². The third-order valence-corrected chi connectivity index (χ3v) is 5.54. The van der Waals surface area contributed by atoms with Crippen molar-refractivity contribution in [2.45, 2.75) is 24.2 Å². The number of carbonyl (C=O) groups is 2. The van der Waals surface area contributed by atoms with E-state index in [1.165, 1.54) is 0 Å². The van der Waals surface area contributed by atoms with Gasteiger partial charge >= 0.3 is 0 Å². The SMILES string of the molecule is O=C1NC(=O)C(Cc2ccccc2OC2CCN(c3ccccn3)C2)S1. The third kappa shape index (κ3) is 3.67. The molecule has 134 valence electrons. The van der Waals surface area contributed by atoms with Crippen molar-refractivity contribution < 1.29 is 14.3 Å². The summed E-state index contributed by atoms with van der Waals surface area (Å²) in [5.74, 6) is 1.52. The standard InChI is InChI=1S/C19H19N3O3S/c23-18-16(26-19(24)21-18)11-13-5-1-2-6-15(13)25-14-8-10-22(12-14)17-7-3-4-9-20-17/h1-7,9,14,16H,8,10-12H2,(H,21,23,24). The monoisotopic (exact) mass is 369 g/mol.